The summed E-state index contributed by atoms with van der Waals surface area (Å²) < 4.78 is 63.5. The normalized spacial score (nSPS) is 14.7. The van der Waals surface area contributed by atoms with E-state index in [9.17, 15) is 31.1 Å². The molecule has 34 heavy (non-hydrogen) atoms. The summed E-state index contributed by atoms with van der Waals surface area (Å²) in [6.45, 7) is 0.607. The largest absolute Gasteiger partial charge is 0.490 e. The number of imidazole rings is 1. The van der Waals surface area contributed by atoms with Gasteiger partial charge in [-0.3, -0.25) is 15.1 Å². The zero-order valence-corrected chi connectivity index (χ0v) is 17.7. The average Bonchev–Trinajstić information content (AvgIpc) is 3.25. The summed E-state index contributed by atoms with van der Waals surface area (Å²) in [6.07, 6.45) is 0.516. The van der Waals surface area contributed by atoms with Crippen LogP contribution >= 0.6 is 0 Å². The molecule has 0 atom stereocenters. The van der Waals surface area contributed by atoms with E-state index in [0.29, 0.717) is 6.54 Å². The number of hydrogen-bond donors (Lipinski definition) is 5. The Labute approximate surface area is 189 Å². The van der Waals surface area contributed by atoms with Gasteiger partial charge in [0.05, 0.1) is 6.33 Å². The van der Waals surface area contributed by atoms with Crippen LogP contribution in [0.5, 0.6) is 0 Å². The number of carbonyl (C=O) groups is 3. The fourth-order valence-electron chi connectivity index (χ4n) is 2.52. The Balaban J connectivity index is 0.000000642. The van der Waals surface area contributed by atoms with Crippen LogP contribution in [-0.2, 0) is 20.8 Å². The van der Waals surface area contributed by atoms with Crippen molar-refractivity contribution in [3.63, 3.8) is 0 Å². The molecule has 2 rings (SSSR count). The third-order valence-electron chi connectivity index (χ3n) is 4.15. The fourth-order valence-corrected chi connectivity index (χ4v) is 2.52. The molecule has 1 aliphatic carbocycles. The lowest BCUT2D eigenvalue weighted by atomic mass is 9.89. The van der Waals surface area contributed by atoms with Crippen LogP contribution in [0.15, 0.2) is 17.5 Å². The minimum Gasteiger partial charge on any atom is -0.475 e. The Hall–Kier alpha value is -3.33. The minimum absolute atomic E-state index is 0.0273. The number of amides is 1. The lowest BCUT2D eigenvalue weighted by molar-refractivity contribution is -0.193. The van der Waals surface area contributed by atoms with Gasteiger partial charge >= 0.3 is 24.3 Å². The van der Waals surface area contributed by atoms with E-state index in [1.807, 2.05) is 0 Å². The van der Waals surface area contributed by atoms with Gasteiger partial charge in [-0.25, -0.2) is 14.6 Å². The van der Waals surface area contributed by atoms with Crippen LogP contribution in [0, 0.1) is 5.92 Å². The smallest absolute Gasteiger partial charge is 0.475 e. The zero-order valence-electron chi connectivity index (χ0n) is 17.7. The molecule has 1 heterocycles. The van der Waals surface area contributed by atoms with Gasteiger partial charge in [-0.1, -0.05) is 19.3 Å². The average molecular weight is 505 g/mol. The Bertz CT molecular complexity index is 766. The predicted octanol–water partition coefficient (Wildman–Crippen LogP) is 2.62. The van der Waals surface area contributed by atoms with Crippen molar-refractivity contribution in [3.8, 4) is 0 Å². The lowest BCUT2D eigenvalue weighted by Crippen LogP contribution is -2.41. The van der Waals surface area contributed by atoms with Gasteiger partial charge in [0.25, 0.3) is 0 Å². The van der Waals surface area contributed by atoms with Crippen molar-refractivity contribution < 1.29 is 50.9 Å². The van der Waals surface area contributed by atoms with Crippen molar-refractivity contribution in [1.29, 1.82) is 0 Å². The van der Waals surface area contributed by atoms with Crippen LogP contribution in [0.3, 0.4) is 0 Å². The molecule has 16 heteroatoms. The molecule has 1 amide bonds. The quantitative estimate of drug-likeness (QED) is 0.177. The first-order valence-electron chi connectivity index (χ1n) is 9.82. The molecule has 1 saturated carbocycles. The third kappa shape index (κ3) is 14.7. The second-order valence-electron chi connectivity index (χ2n) is 6.88. The van der Waals surface area contributed by atoms with Crippen molar-refractivity contribution in [2.45, 2.75) is 57.3 Å². The molecule has 10 nitrogen and oxygen atoms in total. The number of nitrogens with one attached hydrogen (secondary N) is 2. The van der Waals surface area contributed by atoms with E-state index in [1.54, 1.807) is 12.5 Å². The molecule has 0 saturated heterocycles. The number of aromatic nitrogens is 2. The topological polar surface area (TPSA) is 171 Å². The molecule has 6 N–H and O–H groups in total. The van der Waals surface area contributed by atoms with Crippen molar-refractivity contribution >= 4 is 23.8 Å². The van der Waals surface area contributed by atoms with Gasteiger partial charge in [0.15, 0.2) is 5.96 Å². The first-order valence-corrected chi connectivity index (χ1v) is 9.82. The summed E-state index contributed by atoms with van der Waals surface area (Å²) in [7, 11) is 0. The standard InChI is InChI=1S/C14H23N5O.2C2HF3O2/c15-14(17-8-4-7-12-9-16-10-18-12)19-13(20)11-5-2-1-3-6-11;2*3-2(4,5)1(6)7/h9-11H,1-8H2,(H,16,18)(H3,15,17,19,20);2*(H,6,7). The van der Waals surface area contributed by atoms with E-state index in [-0.39, 0.29) is 17.8 Å². The van der Waals surface area contributed by atoms with Crippen LogP contribution in [0.1, 0.15) is 44.2 Å². The fraction of sp³-hybridized carbons (Fsp3) is 0.611. The van der Waals surface area contributed by atoms with Gasteiger partial charge in [-0.05, 0) is 25.7 Å². The molecular weight excluding hydrogens is 480 g/mol. The molecule has 0 aromatic carbocycles. The number of carboxylic acids is 2. The summed E-state index contributed by atoms with van der Waals surface area (Å²) in [5.74, 6) is -5.13. The Kier molecular flexibility index (Phi) is 13.3. The molecule has 0 bridgehead atoms. The van der Waals surface area contributed by atoms with E-state index < -0.39 is 24.3 Å². The number of nitrogens with two attached hydrogens (primary N) is 1. The number of guanidine groups is 1. The molecule has 0 aliphatic heterocycles. The highest BCUT2D eigenvalue weighted by Gasteiger charge is 2.38. The number of nitrogens with zero attached hydrogens (tertiary/aromatic N) is 2. The first kappa shape index (κ1) is 30.7. The number of rotatable bonds is 5. The number of aliphatic carboxylic acids is 2. The van der Waals surface area contributed by atoms with Gasteiger partial charge in [-0.2, -0.15) is 26.3 Å². The third-order valence-corrected chi connectivity index (χ3v) is 4.15. The van der Waals surface area contributed by atoms with Gasteiger partial charge in [0, 0.05) is 24.4 Å². The molecule has 194 valence electrons. The van der Waals surface area contributed by atoms with Crippen LogP contribution in [0.25, 0.3) is 0 Å². The number of H-pyrrole nitrogens is 1. The molecular formula is C18H25F6N5O5. The SMILES string of the molecule is NC(=NCCCc1cnc[nH]1)NC(=O)C1CCCCC1.O=C(O)C(F)(F)F.O=C(O)C(F)(F)F. The first-order chi connectivity index (χ1) is 15.6. The molecule has 0 spiro atoms. The number of aliphatic imine (C=N–C) groups is 1. The molecule has 0 radical (unpaired) electrons. The van der Waals surface area contributed by atoms with Gasteiger partial charge in [0.1, 0.15) is 0 Å². The minimum atomic E-state index is -5.08. The number of aromatic amines is 1. The molecule has 1 aromatic rings. The summed E-state index contributed by atoms with van der Waals surface area (Å²) in [4.78, 5) is 40.9. The maximum absolute atomic E-state index is 11.9. The summed E-state index contributed by atoms with van der Waals surface area (Å²) >= 11 is 0. The zero-order chi connectivity index (χ0) is 26.4. The number of alkyl halides is 6. The number of carbonyl (C=O) groups excluding carboxylic acids is 1. The molecule has 0 unspecified atom stereocenters. The summed E-state index contributed by atoms with van der Waals surface area (Å²) in [5.41, 5.74) is 6.83. The van der Waals surface area contributed by atoms with Crippen LogP contribution in [0.2, 0.25) is 0 Å². The number of carboxylic acid groups (broad SMARTS) is 2. The van der Waals surface area contributed by atoms with E-state index >= 15 is 0 Å². The van der Waals surface area contributed by atoms with Crippen molar-refractivity contribution in [1.82, 2.24) is 15.3 Å². The predicted molar refractivity (Wildman–Crippen MR) is 105 cm³/mol. The van der Waals surface area contributed by atoms with E-state index in [4.69, 9.17) is 25.5 Å². The molecule has 1 aliphatic rings. The van der Waals surface area contributed by atoms with E-state index in [2.05, 4.69) is 20.3 Å². The van der Waals surface area contributed by atoms with Crippen LogP contribution in [-0.4, -0.2) is 62.9 Å². The Morgan fingerprint density at radius 2 is 1.56 bits per heavy atom. The Morgan fingerprint density at radius 3 is 1.97 bits per heavy atom. The van der Waals surface area contributed by atoms with Crippen LogP contribution in [0.4, 0.5) is 26.3 Å². The van der Waals surface area contributed by atoms with Gasteiger partial charge < -0.3 is 20.9 Å². The highest BCUT2D eigenvalue weighted by molar-refractivity contribution is 5.97. The van der Waals surface area contributed by atoms with E-state index in [0.717, 1.165) is 44.2 Å². The summed E-state index contributed by atoms with van der Waals surface area (Å²) in [6, 6.07) is 0. The second kappa shape index (κ2) is 14.7. The maximum atomic E-state index is 11.9. The van der Waals surface area contributed by atoms with Gasteiger partial charge in [0.2, 0.25) is 5.91 Å². The van der Waals surface area contributed by atoms with Crippen molar-refractivity contribution in [2.24, 2.45) is 16.6 Å². The highest BCUT2D eigenvalue weighted by Crippen LogP contribution is 2.23. The monoisotopic (exact) mass is 505 g/mol. The molecule has 1 aromatic heterocycles. The van der Waals surface area contributed by atoms with Crippen molar-refractivity contribution in [3.05, 3.63) is 18.2 Å². The number of halogens is 6. The summed E-state index contributed by atoms with van der Waals surface area (Å²) in [5, 5.41) is 17.0. The highest BCUT2D eigenvalue weighted by atomic mass is 19.4. The van der Waals surface area contributed by atoms with Crippen molar-refractivity contribution in [2.75, 3.05) is 6.54 Å². The maximum Gasteiger partial charge on any atom is 0.490 e. The second-order valence-corrected chi connectivity index (χ2v) is 6.88. The number of hydrogen-bond acceptors (Lipinski definition) is 5. The Morgan fingerprint density at radius 1 is 1.06 bits per heavy atom. The van der Waals surface area contributed by atoms with E-state index in [1.165, 1.54) is 6.42 Å². The number of aryl methyl sites for hydroxylation is 1. The lowest BCUT2D eigenvalue weighted by Gasteiger charge is -2.20. The van der Waals surface area contributed by atoms with Gasteiger partial charge in [-0.15, -0.1) is 0 Å². The van der Waals surface area contributed by atoms with Crippen LogP contribution < -0.4 is 11.1 Å². The molecule has 1 fully saturated rings.